The minimum Gasteiger partial charge on any atom is -0.330 e. The Kier molecular flexibility index (Phi) is 4.96. The van der Waals surface area contributed by atoms with Crippen LogP contribution in [0.15, 0.2) is 12.1 Å². The fraction of sp³-hybridized carbons (Fsp3) is 0.571. The first-order valence-corrected chi connectivity index (χ1v) is 6.38. The number of halogens is 2. The molecule has 1 aromatic rings. The van der Waals surface area contributed by atoms with Crippen molar-refractivity contribution in [2.75, 3.05) is 6.54 Å². The van der Waals surface area contributed by atoms with Crippen LogP contribution in [0.1, 0.15) is 37.8 Å². The third kappa shape index (κ3) is 4.29. The average molecular weight is 258 g/mol. The van der Waals surface area contributed by atoms with Gasteiger partial charge in [0.15, 0.2) is 0 Å². The maximum absolute atomic E-state index is 13.3. The lowest BCUT2D eigenvalue weighted by molar-refractivity contribution is 0.313. The molecule has 17 heavy (non-hydrogen) atoms. The fourth-order valence-corrected chi connectivity index (χ4v) is 2.14. The number of benzene rings is 1. The second-order valence-electron chi connectivity index (χ2n) is 5.40. The first kappa shape index (κ1) is 14.5. The summed E-state index contributed by atoms with van der Waals surface area (Å²) in [6, 6.07) is 3.25. The van der Waals surface area contributed by atoms with E-state index < -0.39 is 0 Å². The van der Waals surface area contributed by atoms with Gasteiger partial charge in [-0.3, -0.25) is 0 Å². The molecule has 0 bridgehead atoms. The van der Waals surface area contributed by atoms with E-state index in [9.17, 15) is 4.39 Å². The molecule has 3 heteroatoms. The van der Waals surface area contributed by atoms with Crippen molar-refractivity contribution in [2.45, 2.75) is 40.0 Å². The summed E-state index contributed by atoms with van der Waals surface area (Å²) in [5.41, 5.74) is 7.47. The molecule has 0 radical (unpaired) electrons. The zero-order chi connectivity index (χ0) is 13.1. The number of hydrogen-bond donors (Lipinski definition) is 1. The highest BCUT2D eigenvalue weighted by Gasteiger charge is 2.17. The minimum atomic E-state index is -0.236. The van der Waals surface area contributed by atoms with E-state index in [1.807, 2.05) is 6.07 Å². The molecule has 0 amide bonds. The minimum absolute atomic E-state index is 0.209. The highest BCUT2D eigenvalue weighted by molar-refractivity contribution is 6.31. The lowest BCUT2D eigenvalue weighted by Crippen LogP contribution is -2.18. The molecular weight excluding hydrogens is 237 g/mol. The van der Waals surface area contributed by atoms with E-state index in [1.54, 1.807) is 6.92 Å². The van der Waals surface area contributed by atoms with Crippen molar-refractivity contribution in [3.8, 4) is 0 Å². The van der Waals surface area contributed by atoms with Crippen LogP contribution >= 0.6 is 11.6 Å². The third-order valence-electron chi connectivity index (χ3n) is 3.22. The van der Waals surface area contributed by atoms with Gasteiger partial charge in [0.2, 0.25) is 0 Å². The van der Waals surface area contributed by atoms with Gasteiger partial charge in [0.25, 0.3) is 0 Å². The molecule has 0 aromatic heterocycles. The highest BCUT2D eigenvalue weighted by Crippen LogP contribution is 2.29. The molecule has 96 valence electrons. The van der Waals surface area contributed by atoms with Gasteiger partial charge in [0, 0.05) is 5.02 Å². The van der Waals surface area contributed by atoms with Gasteiger partial charge < -0.3 is 5.73 Å². The van der Waals surface area contributed by atoms with Gasteiger partial charge in [0.1, 0.15) is 5.82 Å². The maximum atomic E-state index is 13.3. The normalized spacial score (nSPS) is 11.9. The van der Waals surface area contributed by atoms with Crippen LogP contribution in [0, 0.1) is 18.2 Å². The van der Waals surface area contributed by atoms with Gasteiger partial charge in [-0.25, -0.2) is 4.39 Å². The van der Waals surface area contributed by atoms with E-state index in [1.165, 1.54) is 6.07 Å². The largest absolute Gasteiger partial charge is 0.330 e. The Hall–Kier alpha value is -0.600. The molecule has 1 rings (SSSR count). The number of hydrogen-bond acceptors (Lipinski definition) is 1. The molecule has 0 saturated carbocycles. The predicted octanol–water partition coefficient (Wildman–Crippen LogP) is 4.10. The Labute approximate surface area is 108 Å². The molecule has 1 aromatic carbocycles. The van der Waals surface area contributed by atoms with Crippen molar-refractivity contribution in [1.29, 1.82) is 0 Å². The van der Waals surface area contributed by atoms with Gasteiger partial charge >= 0.3 is 0 Å². The topological polar surface area (TPSA) is 26.0 Å². The van der Waals surface area contributed by atoms with Crippen molar-refractivity contribution in [1.82, 2.24) is 0 Å². The third-order valence-corrected chi connectivity index (χ3v) is 3.57. The SMILES string of the molecule is Cc1cc(CCC(C)(C)CCN)c(Cl)cc1F. The van der Waals surface area contributed by atoms with Gasteiger partial charge in [-0.05, 0) is 55.3 Å². The summed E-state index contributed by atoms with van der Waals surface area (Å²) in [6.07, 6.45) is 2.87. The lowest BCUT2D eigenvalue weighted by atomic mass is 9.83. The molecule has 1 nitrogen and oxygen atoms in total. The summed E-state index contributed by atoms with van der Waals surface area (Å²) < 4.78 is 13.3. The monoisotopic (exact) mass is 257 g/mol. The van der Waals surface area contributed by atoms with Crippen molar-refractivity contribution in [3.05, 3.63) is 34.1 Å². The molecule has 2 N–H and O–H groups in total. The molecule has 0 heterocycles. The average Bonchev–Trinajstić information content (AvgIpc) is 2.21. The zero-order valence-electron chi connectivity index (χ0n) is 10.8. The van der Waals surface area contributed by atoms with Crippen LogP contribution in [0.4, 0.5) is 4.39 Å². The van der Waals surface area contributed by atoms with Crippen molar-refractivity contribution < 1.29 is 4.39 Å². The van der Waals surface area contributed by atoms with Crippen LogP contribution in [0.25, 0.3) is 0 Å². The molecule has 0 aliphatic carbocycles. The maximum Gasteiger partial charge on any atom is 0.127 e. The molecule has 0 saturated heterocycles. The zero-order valence-corrected chi connectivity index (χ0v) is 11.6. The van der Waals surface area contributed by atoms with Gasteiger partial charge in [-0.2, -0.15) is 0 Å². The van der Waals surface area contributed by atoms with E-state index in [2.05, 4.69) is 13.8 Å². The molecule has 0 spiro atoms. The smallest absolute Gasteiger partial charge is 0.127 e. The Bertz CT molecular complexity index is 388. The first-order valence-electron chi connectivity index (χ1n) is 6.00. The summed E-state index contributed by atoms with van der Waals surface area (Å²) in [5, 5.41) is 0.525. The summed E-state index contributed by atoms with van der Waals surface area (Å²) >= 11 is 6.04. The summed E-state index contributed by atoms with van der Waals surface area (Å²) in [6.45, 7) is 6.86. The number of nitrogens with two attached hydrogens (primary N) is 1. The van der Waals surface area contributed by atoms with E-state index in [4.69, 9.17) is 17.3 Å². The van der Waals surface area contributed by atoms with Crippen LogP contribution in [0.2, 0.25) is 5.02 Å². The van der Waals surface area contributed by atoms with Crippen molar-refractivity contribution in [2.24, 2.45) is 11.1 Å². The summed E-state index contributed by atoms with van der Waals surface area (Å²) in [7, 11) is 0. The summed E-state index contributed by atoms with van der Waals surface area (Å²) in [5.74, 6) is -0.236. The Balaban J connectivity index is 2.73. The summed E-state index contributed by atoms with van der Waals surface area (Å²) in [4.78, 5) is 0. The lowest BCUT2D eigenvalue weighted by Gasteiger charge is -2.24. The Morgan fingerprint density at radius 1 is 1.29 bits per heavy atom. The van der Waals surface area contributed by atoms with Gasteiger partial charge in [0.05, 0.1) is 0 Å². The Morgan fingerprint density at radius 3 is 2.53 bits per heavy atom. The van der Waals surface area contributed by atoms with E-state index in [0.717, 1.165) is 24.8 Å². The van der Waals surface area contributed by atoms with E-state index >= 15 is 0 Å². The quantitative estimate of drug-likeness (QED) is 0.845. The predicted molar refractivity (Wildman–Crippen MR) is 71.9 cm³/mol. The van der Waals surface area contributed by atoms with Crippen LogP contribution in [0.5, 0.6) is 0 Å². The van der Waals surface area contributed by atoms with Crippen LogP contribution in [-0.2, 0) is 6.42 Å². The van der Waals surface area contributed by atoms with Gasteiger partial charge in [-0.1, -0.05) is 31.5 Å². The number of rotatable bonds is 5. The van der Waals surface area contributed by atoms with Crippen LogP contribution in [-0.4, -0.2) is 6.54 Å². The van der Waals surface area contributed by atoms with E-state index in [0.29, 0.717) is 17.1 Å². The highest BCUT2D eigenvalue weighted by atomic mass is 35.5. The molecular formula is C14H21ClFN. The molecule has 0 aliphatic rings. The fourth-order valence-electron chi connectivity index (χ4n) is 1.90. The first-order chi connectivity index (χ1) is 7.85. The van der Waals surface area contributed by atoms with Crippen LogP contribution < -0.4 is 5.73 Å². The van der Waals surface area contributed by atoms with Crippen molar-refractivity contribution >= 4 is 11.6 Å². The van der Waals surface area contributed by atoms with Crippen LogP contribution in [0.3, 0.4) is 0 Å². The molecule has 0 unspecified atom stereocenters. The van der Waals surface area contributed by atoms with E-state index in [-0.39, 0.29) is 11.2 Å². The molecule has 0 aliphatic heterocycles. The second-order valence-corrected chi connectivity index (χ2v) is 5.80. The second kappa shape index (κ2) is 5.83. The standard InChI is InChI=1S/C14H21ClFN/c1-10-8-11(12(15)9-13(10)16)4-5-14(2,3)6-7-17/h8-9H,4-7,17H2,1-3H3. The van der Waals surface area contributed by atoms with Gasteiger partial charge in [-0.15, -0.1) is 0 Å². The molecule has 0 fully saturated rings. The Morgan fingerprint density at radius 2 is 1.94 bits per heavy atom. The van der Waals surface area contributed by atoms with Crippen molar-refractivity contribution in [3.63, 3.8) is 0 Å². The number of aryl methyl sites for hydroxylation is 2. The molecule has 0 atom stereocenters.